The highest BCUT2D eigenvalue weighted by Gasteiger charge is 2.23. The van der Waals surface area contributed by atoms with E-state index in [2.05, 4.69) is 10.0 Å². The van der Waals surface area contributed by atoms with Crippen LogP contribution in [0.5, 0.6) is 11.5 Å². The lowest BCUT2D eigenvalue weighted by Gasteiger charge is -2.11. The molecular weight excluding hydrogens is 383 g/mol. The number of fused-ring (bicyclic) bond motifs is 2. The average molecular weight is 398 g/mol. The second-order valence-corrected chi connectivity index (χ2v) is 7.95. The van der Waals surface area contributed by atoms with Crippen molar-refractivity contribution in [3.05, 3.63) is 77.6 Å². The summed E-state index contributed by atoms with van der Waals surface area (Å²) in [6.45, 7) is 1.89. The minimum atomic E-state index is -4.15. The molecule has 142 valence electrons. The van der Waals surface area contributed by atoms with E-state index in [-0.39, 0.29) is 17.0 Å². The van der Waals surface area contributed by atoms with Gasteiger partial charge in [-0.2, -0.15) is 0 Å². The van der Waals surface area contributed by atoms with Crippen LogP contribution in [0, 0.1) is 12.7 Å². The summed E-state index contributed by atoms with van der Waals surface area (Å²) in [5.74, 6) is -0.533. The lowest BCUT2D eigenvalue weighted by Crippen LogP contribution is -2.16. The second kappa shape index (κ2) is 6.65. The molecule has 1 amide bonds. The molecule has 1 aliphatic rings. The van der Waals surface area contributed by atoms with Crippen LogP contribution >= 0.6 is 0 Å². The van der Waals surface area contributed by atoms with Crippen LogP contribution in [0.4, 0.5) is 15.8 Å². The van der Waals surface area contributed by atoms with Gasteiger partial charge in [-0.1, -0.05) is 18.2 Å². The van der Waals surface area contributed by atoms with Crippen molar-refractivity contribution in [1.29, 1.82) is 0 Å². The number of hydrogen-bond donors (Lipinski definition) is 2. The first-order valence-electron chi connectivity index (χ1n) is 8.35. The fourth-order valence-electron chi connectivity index (χ4n) is 2.87. The monoisotopic (exact) mass is 398 g/mol. The van der Waals surface area contributed by atoms with Crippen molar-refractivity contribution in [2.45, 2.75) is 11.8 Å². The van der Waals surface area contributed by atoms with E-state index in [1.165, 1.54) is 30.3 Å². The van der Waals surface area contributed by atoms with Gasteiger partial charge in [-0.15, -0.1) is 0 Å². The second-order valence-electron chi connectivity index (χ2n) is 6.30. The number of hydrogen-bond acceptors (Lipinski definition) is 4. The van der Waals surface area contributed by atoms with Gasteiger partial charge < -0.3 is 10.1 Å². The van der Waals surface area contributed by atoms with Crippen molar-refractivity contribution in [2.75, 3.05) is 10.0 Å². The molecule has 1 aliphatic heterocycles. The molecule has 0 spiro atoms. The van der Waals surface area contributed by atoms with Crippen molar-refractivity contribution in [1.82, 2.24) is 0 Å². The molecule has 8 heteroatoms. The van der Waals surface area contributed by atoms with Crippen LogP contribution in [0.15, 0.2) is 65.6 Å². The number of sulfonamides is 1. The van der Waals surface area contributed by atoms with Crippen LogP contribution in [-0.2, 0) is 10.0 Å². The van der Waals surface area contributed by atoms with Crippen LogP contribution in [-0.4, -0.2) is 14.3 Å². The molecule has 1 heterocycles. The molecule has 0 fully saturated rings. The minimum Gasteiger partial charge on any atom is -0.454 e. The third-order valence-corrected chi connectivity index (χ3v) is 5.62. The number of aryl methyl sites for hydroxylation is 1. The van der Waals surface area contributed by atoms with Crippen LogP contribution in [0.1, 0.15) is 15.9 Å². The summed E-state index contributed by atoms with van der Waals surface area (Å²) in [6.07, 6.45) is 0. The van der Waals surface area contributed by atoms with Crippen molar-refractivity contribution >= 4 is 27.3 Å². The van der Waals surface area contributed by atoms with Crippen molar-refractivity contribution in [3.8, 4) is 11.5 Å². The molecule has 0 bridgehead atoms. The van der Waals surface area contributed by atoms with Crippen LogP contribution in [0.3, 0.4) is 0 Å². The molecule has 3 aromatic carbocycles. The number of anilines is 2. The van der Waals surface area contributed by atoms with E-state index < -0.39 is 26.6 Å². The first kappa shape index (κ1) is 18.0. The molecule has 2 N–H and O–H groups in total. The average Bonchev–Trinajstić information content (AvgIpc) is 2.77. The number of benzene rings is 3. The van der Waals surface area contributed by atoms with Crippen LogP contribution < -0.4 is 14.8 Å². The molecule has 28 heavy (non-hydrogen) atoms. The SMILES string of the molecule is Cc1ccc2c(c1)NC(=O)c1cc(NS(=O)(=O)c3ccccc3F)ccc1O2. The van der Waals surface area contributed by atoms with E-state index in [1.807, 2.05) is 13.0 Å². The molecule has 6 nitrogen and oxygen atoms in total. The summed E-state index contributed by atoms with van der Waals surface area (Å²) in [5.41, 5.74) is 1.74. The topological polar surface area (TPSA) is 84.5 Å². The number of nitrogens with one attached hydrogen (secondary N) is 2. The summed E-state index contributed by atoms with van der Waals surface area (Å²) in [4.78, 5) is 12.1. The zero-order chi connectivity index (χ0) is 19.9. The van der Waals surface area contributed by atoms with Gasteiger partial charge in [0.1, 0.15) is 16.5 Å². The first-order chi connectivity index (χ1) is 13.3. The fourth-order valence-corrected chi connectivity index (χ4v) is 4.00. The van der Waals surface area contributed by atoms with Crippen LogP contribution in [0.25, 0.3) is 0 Å². The predicted octanol–water partition coefficient (Wildman–Crippen LogP) is 4.29. The lowest BCUT2D eigenvalue weighted by atomic mass is 10.1. The minimum absolute atomic E-state index is 0.114. The van der Waals surface area contributed by atoms with E-state index in [4.69, 9.17) is 4.74 Å². The van der Waals surface area contributed by atoms with Crippen molar-refractivity contribution in [2.24, 2.45) is 0 Å². The molecule has 3 aromatic rings. The Morgan fingerprint density at radius 2 is 1.75 bits per heavy atom. The highest BCUT2D eigenvalue weighted by Crippen LogP contribution is 2.37. The van der Waals surface area contributed by atoms with Gasteiger partial charge in [0.25, 0.3) is 15.9 Å². The Hall–Kier alpha value is -3.39. The normalized spacial score (nSPS) is 12.9. The zero-order valence-electron chi connectivity index (χ0n) is 14.7. The molecule has 0 atom stereocenters. The molecular formula is C20H15FN2O4S. The highest BCUT2D eigenvalue weighted by atomic mass is 32.2. The Balaban J connectivity index is 1.69. The smallest absolute Gasteiger partial charge is 0.264 e. The predicted molar refractivity (Wildman–Crippen MR) is 103 cm³/mol. The maximum Gasteiger partial charge on any atom is 0.264 e. The maximum absolute atomic E-state index is 13.9. The van der Waals surface area contributed by atoms with Gasteiger partial charge in [-0.25, -0.2) is 12.8 Å². The molecule has 0 aromatic heterocycles. The summed E-state index contributed by atoms with van der Waals surface area (Å²) >= 11 is 0. The Labute approximate surface area is 161 Å². The first-order valence-corrected chi connectivity index (χ1v) is 9.83. The van der Waals surface area contributed by atoms with Crippen LogP contribution in [0.2, 0.25) is 0 Å². The van der Waals surface area contributed by atoms with Crippen molar-refractivity contribution < 1.29 is 22.3 Å². The lowest BCUT2D eigenvalue weighted by molar-refractivity contribution is 0.102. The molecule has 0 aliphatic carbocycles. The van der Waals surface area contributed by atoms with Gasteiger partial charge in [-0.3, -0.25) is 9.52 Å². The maximum atomic E-state index is 13.9. The van der Waals surface area contributed by atoms with Gasteiger partial charge in [-0.05, 0) is 55.0 Å². The largest absolute Gasteiger partial charge is 0.454 e. The number of ether oxygens (including phenoxy) is 1. The number of rotatable bonds is 3. The molecule has 0 radical (unpaired) electrons. The quantitative estimate of drug-likeness (QED) is 0.689. The summed E-state index contributed by atoms with van der Waals surface area (Å²) in [7, 11) is -4.15. The fraction of sp³-hybridized carbons (Fsp3) is 0.0500. The molecule has 4 rings (SSSR count). The number of amides is 1. The zero-order valence-corrected chi connectivity index (χ0v) is 15.5. The third-order valence-electron chi connectivity index (χ3n) is 4.21. The van der Waals surface area contributed by atoms with Gasteiger partial charge in [0.05, 0.1) is 11.3 Å². The van der Waals surface area contributed by atoms with E-state index in [0.717, 1.165) is 17.7 Å². The Morgan fingerprint density at radius 1 is 1.00 bits per heavy atom. The molecule has 0 saturated carbocycles. The van der Waals surface area contributed by atoms with Gasteiger partial charge in [0, 0.05) is 5.69 Å². The van der Waals surface area contributed by atoms with E-state index >= 15 is 0 Å². The Kier molecular flexibility index (Phi) is 4.27. The molecule has 0 saturated heterocycles. The Morgan fingerprint density at radius 3 is 2.54 bits per heavy atom. The van der Waals surface area contributed by atoms with Gasteiger partial charge in [0.2, 0.25) is 0 Å². The molecule has 0 unspecified atom stereocenters. The Bertz CT molecular complexity index is 1210. The highest BCUT2D eigenvalue weighted by molar-refractivity contribution is 7.92. The van der Waals surface area contributed by atoms with Gasteiger partial charge in [0.15, 0.2) is 5.75 Å². The number of halogens is 1. The van der Waals surface area contributed by atoms with Crippen molar-refractivity contribution in [3.63, 3.8) is 0 Å². The number of carbonyl (C=O) groups is 1. The summed E-state index contributed by atoms with van der Waals surface area (Å²) < 4.78 is 46.9. The standard InChI is InChI=1S/C20H15FN2O4S/c1-12-6-8-18-16(10-12)22-20(24)14-11-13(7-9-17(14)27-18)23-28(25,26)19-5-3-2-4-15(19)21/h2-11,23H,1H3,(H,22,24). The van der Waals surface area contributed by atoms with Gasteiger partial charge >= 0.3 is 0 Å². The van der Waals surface area contributed by atoms with E-state index in [9.17, 15) is 17.6 Å². The van der Waals surface area contributed by atoms with E-state index in [1.54, 1.807) is 12.1 Å². The van der Waals surface area contributed by atoms with E-state index in [0.29, 0.717) is 11.4 Å². The summed E-state index contributed by atoms with van der Waals surface area (Å²) in [5, 5.41) is 2.75. The third kappa shape index (κ3) is 3.29. The number of carbonyl (C=O) groups excluding carboxylic acids is 1. The summed E-state index contributed by atoms with van der Waals surface area (Å²) in [6, 6.07) is 14.7.